The van der Waals surface area contributed by atoms with Crippen molar-refractivity contribution < 1.29 is 4.79 Å². The van der Waals surface area contributed by atoms with Gasteiger partial charge in [-0.25, -0.2) is 0 Å². The molecule has 1 aliphatic rings. The fourth-order valence-electron chi connectivity index (χ4n) is 2.62. The molecule has 0 bridgehead atoms. The monoisotopic (exact) mass is 317 g/mol. The highest BCUT2D eigenvalue weighted by atomic mass is 32.2. The zero-order valence-electron chi connectivity index (χ0n) is 12.1. The number of amides is 1. The first kappa shape index (κ1) is 14.7. The predicted molar refractivity (Wildman–Crippen MR) is 90.4 cm³/mol. The van der Waals surface area contributed by atoms with Gasteiger partial charge in [0.2, 0.25) is 0 Å². The third-order valence-corrected chi connectivity index (χ3v) is 5.81. The third-order valence-electron chi connectivity index (χ3n) is 3.83. The van der Waals surface area contributed by atoms with E-state index in [4.69, 9.17) is 0 Å². The normalized spacial score (nSPS) is 13.8. The molecule has 3 rings (SSSR count). The summed E-state index contributed by atoms with van der Waals surface area (Å²) in [6.45, 7) is 0.593. The van der Waals surface area contributed by atoms with Crippen LogP contribution in [0.15, 0.2) is 35.2 Å². The van der Waals surface area contributed by atoms with Crippen molar-refractivity contribution in [1.82, 2.24) is 5.32 Å². The highest BCUT2D eigenvalue weighted by Gasteiger charge is 2.16. The van der Waals surface area contributed by atoms with Gasteiger partial charge in [0, 0.05) is 16.3 Å². The summed E-state index contributed by atoms with van der Waals surface area (Å²) >= 11 is 3.40. The number of aryl methyl sites for hydroxylation is 2. The Morgan fingerprint density at radius 3 is 2.71 bits per heavy atom. The van der Waals surface area contributed by atoms with Crippen LogP contribution in [0, 0.1) is 0 Å². The third kappa shape index (κ3) is 3.50. The minimum Gasteiger partial charge on any atom is -0.347 e. The van der Waals surface area contributed by atoms with Crippen LogP contribution < -0.4 is 5.32 Å². The molecule has 1 amide bonds. The number of benzene rings is 1. The molecule has 0 atom stereocenters. The Hall–Kier alpha value is -1.26. The van der Waals surface area contributed by atoms with E-state index in [1.165, 1.54) is 28.2 Å². The molecule has 0 aliphatic heterocycles. The Balaban J connectivity index is 1.61. The molecule has 2 nitrogen and oxygen atoms in total. The Morgan fingerprint density at radius 2 is 2.00 bits per heavy atom. The maximum Gasteiger partial charge on any atom is 0.261 e. The van der Waals surface area contributed by atoms with Gasteiger partial charge in [-0.1, -0.05) is 12.1 Å². The Kier molecular flexibility index (Phi) is 4.66. The van der Waals surface area contributed by atoms with E-state index in [9.17, 15) is 4.79 Å². The first-order valence-electron chi connectivity index (χ1n) is 7.29. The molecule has 0 radical (unpaired) electrons. The first-order valence-corrected chi connectivity index (χ1v) is 9.33. The van der Waals surface area contributed by atoms with Gasteiger partial charge in [-0.3, -0.25) is 4.79 Å². The van der Waals surface area contributed by atoms with Crippen LogP contribution in [0.3, 0.4) is 0 Å². The lowest BCUT2D eigenvalue weighted by Crippen LogP contribution is -2.21. The summed E-state index contributed by atoms with van der Waals surface area (Å²) in [5.74, 6) is 0.0587. The second-order valence-electron chi connectivity index (χ2n) is 5.30. The van der Waals surface area contributed by atoms with E-state index in [-0.39, 0.29) is 5.91 Å². The Labute approximate surface area is 134 Å². The average Bonchev–Trinajstić information content (AvgIpc) is 2.97. The van der Waals surface area contributed by atoms with E-state index < -0.39 is 0 Å². The van der Waals surface area contributed by atoms with Crippen molar-refractivity contribution in [3.63, 3.8) is 0 Å². The molecule has 1 aliphatic carbocycles. The van der Waals surface area contributed by atoms with Crippen molar-refractivity contribution in [1.29, 1.82) is 0 Å². The fourth-order valence-corrected chi connectivity index (χ4v) is 4.19. The van der Waals surface area contributed by atoms with Gasteiger partial charge in [0.15, 0.2) is 0 Å². The zero-order valence-corrected chi connectivity index (χ0v) is 13.8. The molecular formula is C17H19NOS2. The van der Waals surface area contributed by atoms with Crippen molar-refractivity contribution in [3.05, 3.63) is 51.2 Å². The van der Waals surface area contributed by atoms with E-state index in [0.717, 1.165) is 23.3 Å². The van der Waals surface area contributed by atoms with Crippen molar-refractivity contribution in [2.45, 2.75) is 37.1 Å². The number of hydrogen-bond donors (Lipinski definition) is 1. The number of nitrogens with one attached hydrogen (secondary N) is 1. The minimum absolute atomic E-state index is 0.0587. The van der Waals surface area contributed by atoms with Gasteiger partial charge in [0.1, 0.15) is 0 Å². The van der Waals surface area contributed by atoms with Crippen LogP contribution in [0.4, 0.5) is 0 Å². The molecule has 2 aromatic rings. The van der Waals surface area contributed by atoms with Crippen LogP contribution in [0.5, 0.6) is 0 Å². The van der Waals surface area contributed by atoms with Gasteiger partial charge in [0.25, 0.3) is 5.91 Å². The highest BCUT2D eigenvalue weighted by molar-refractivity contribution is 7.98. The molecule has 1 aromatic heterocycles. The van der Waals surface area contributed by atoms with Crippen LogP contribution >= 0.6 is 23.1 Å². The number of hydrogen-bond acceptors (Lipinski definition) is 3. The second-order valence-corrected chi connectivity index (χ2v) is 7.31. The summed E-state index contributed by atoms with van der Waals surface area (Å²) in [4.78, 5) is 15.8. The van der Waals surface area contributed by atoms with Gasteiger partial charge >= 0.3 is 0 Å². The molecule has 0 unspecified atom stereocenters. The SMILES string of the molecule is CSc1ccc(CNC(=O)c2cc3c(s2)CCCC3)cc1. The van der Waals surface area contributed by atoms with E-state index in [0.29, 0.717) is 6.54 Å². The molecule has 0 saturated heterocycles. The predicted octanol–water partition coefficient (Wildman–Crippen LogP) is 4.28. The lowest BCUT2D eigenvalue weighted by Gasteiger charge is -2.08. The summed E-state index contributed by atoms with van der Waals surface area (Å²) in [5, 5.41) is 3.03. The molecule has 21 heavy (non-hydrogen) atoms. The molecule has 110 valence electrons. The number of rotatable bonds is 4. The smallest absolute Gasteiger partial charge is 0.261 e. The quantitative estimate of drug-likeness (QED) is 0.853. The summed E-state index contributed by atoms with van der Waals surface area (Å²) < 4.78 is 0. The maximum absolute atomic E-state index is 12.3. The lowest BCUT2D eigenvalue weighted by molar-refractivity contribution is 0.0955. The topological polar surface area (TPSA) is 29.1 Å². The number of carbonyl (C=O) groups excluding carboxylic acids is 1. The molecule has 0 saturated carbocycles. The number of thiophene rings is 1. The lowest BCUT2D eigenvalue weighted by atomic mass is 9.99. The molecule has 1 N–H and O–H groups in total. The Morgan fingerprint density at radius 1 is 1.24 bits per heavy atom. The summed E-state index contributed by atoms with van der Waals surface area (Å²) in [6.07, 6.45) is 6.86. The van der Waals surface area contributed by atoms with Crippen LogP contribution in [0.25, 0.3) is 0 Å². The van der Waals surface area contributed by atoms with Gasteiger partial charge in [-0.05, 0) is 61.3 Å². The van der Waals surface area contributed by atoms with E-state index in [1.54, 1.807) is 23.1 Å². The largest absolute Gasteiger partial charge is 0.347 e. The average molecular weight is 317 g/mol. The van der Waals surface area contributed by atoms with Crippen molar-refractivity contribution in [2.24, 2.45) is 0 Å². The first-order chi connectivity index (χ1) is 10.3. The zero-order chi connectivity index (χ0) is 14.7. The molecular weight excluding hydrogens is 298 g/mol. The van der Waals surface area contributed by atoms with E-state index in [2.05, 4.69) is 41.9 Å². The van der Waals surface area contributed by atoms with Gasteiger partial charge in [-0.2, -0.15) is 0 Å². The van der Waals surface area contributed by atoms with Crippen molar-refractivity contribution >= 4 is 29.0 Å². The van der Waals surface area contributed by atoms with E-state index >= 15 is 0 Å². The highest BCUT2D eigenvalue weighted by Crippen LogP contribution is 2.29. The molecule has 0 fully saturated rings. The van der Waals surface area contributed by atoms with Crippen LogP contribution in [-0.4, -0.2) is 12.2 Å². The minimum atomic E-state index is 0.0587. The second kappa shape index (κ2) is 6.67. The van der Waals surface area contributed by atoms with Gasteiger partial charge in [0.05, 0.1) is 4.88 Å². The Bertz CT molecular complexity index is 607. The summed E-state index contributed by atoms with van der Waals surface area (Å²) in [7, 11) is 0. The molecule has 4 heteroatoms. The molecule has 1 aromatic carbocycles. The van der Waals surface area contributed by atoms with Gasteiger partial charge < -0.3 is 5.32 Å². The van der Waals surface area contributed by atoms with Crippen LogP contribution in [0.2, 0.25) is 0 Å². The van der Waals surface area contributed by atoms with Crippen LogP contribution in [0.1, 0.15) is 38.5 Å². The number of thioether (sulfide) groups is 1. The van der Waals surface area contributed by atoms with Crippen LogP contribution in [-0.2, 0) is 19.4 Å². The molecule has 1 heterocycles. The number of carbonyl (C=O) groups is 1. The van der Waals surface area contributed by atoms with E-state index in [1.807, 2.05) is 0 Å². The van der Waals surface area contributed by atoms with Crippen molar-refractivity contribution in [3.8, 4) is 0 Å². The number of fused-ring (bicyclic) bond motifs is 1. The standard InChI is InChI=1S/C17H19NOS2/c1-20-14-8-6-12(7-9-14)11-18-17(19)16-10-13-4-2-3-5-15(13)21-16/h6-10H,2-5,11H2,1H3,(H,18,19). The maximum atomic E-state index is 12.3. The summed E-state index contributed by atoms with van der Waals surface area (Å²) in [5.41, 5.74) is 2.53. The summed E-state index contributed by atoms with van der Waals surface area (Å²) in [6, 6.07) is 10.4. The fraction of sp³-hybridized carbons (Fsp3) is 0.353. The molecule has 0 spiro atoms. The van der Waals surface area contributed by atoms with Crippen molar-refractivity contribution in [2.75, 3.05) is 6.26 Å². The van der Waals surface area contributed by atoms with Gasteiger partial charge in [-0.15, -0.1) is 23.1 Å².